The average molecular weight is 354 g/mol. The Balaban J connectivity index is 1.73. The van der Waals surface area contributed by atoms with Gasteiger partial charge in [0.25, 0.3) is 0 Å². The van der Waals surface area contributed by atoms with Crippen LogP contribution in [0.2, 0.25) is 0 Å². The van der Waals surface area contributed by atoms with E-state index in [0.717, 1.165) is 21.2 Å². The summed E-state index contributed by atoms with van der Waals surface area (Å²) in [6.45, 7) is 0. The van der Waals surface area contributed by atoms with Crippen LogP contribution in [0.4, 0.5) is 5.69 Å². The van der Waals surface area contributed by atoms with Crippen LogP contribution in [0.1, 0.15) is 5.69 Å². The van der Waals surface area contributed by atoms with Gasteiger partial charge < -0.3 is 5.32 Å². The van der Waals surface area contributed by atoms with Gasteiger partial charge in [0, 0.05) is 16.2 Å². The minimum absolute atomic E-state index is 0.215. The second kappa shape index (κ2) is 6.49. The number of amides is 1. The molecular formula is C17H12BrN3O. The molecule has 1 aromatic heterocycles. The van der Waals surface area contributed by atoms with Gasteiger partial charge in [-0.25, -0.2) is 4.98 Å². The number of aromatic nitrogens is 2. The average Bonchev–Trinajstić information content (AvgIpc) is 2.53. The van der Waals surface area contributed by atoms with Crippen LogP contribution in [0.5, 0.6) is 0 Å². The van der Waals surface area contributed by atoms with Gasteiger partial charge in [-0.15, -0.1) is 0 Å². The van der Waals surface area contributed by atoms with Gasteiger partial charge in [-0.3, -0.25) is 9.78 Å². The van der Waals surface area contributed by atoms with Crippen LogP contribution < -0.4 is 5.32 Å². The maximum atomic E-state index is 11.9. The molecule has 0 fully saturated rings. The van der Waals surface area contributed by atoms with Crippen LogP contribution in [0, 0.1) is 0 Å². The van der Waals surface area contributed by atoms with Crippen molar-refractivity contribution in [2.24, 2.45) is 0 Å². The minimum atomic E-state index is -0.215. The van der Waals surface area contributed by atoms with Gasteiger partial charge in [-0.05, 0) is 36.4 Å². The maximum absolute atomic E-state index is 11.9. The van der Waals surface area contributed by atoms with Gasteiger partial charge in [0.2, 0.25) is 5.91 Å². The number of carbonyl (C=O) groups excluding carboxylic acids is 1. The number of anilines is 1. The fourth-order valence-electron chi connectivity index (χ4n) is 1.96. The normalized spacial score (nSPS) is 11.0. The Bertz CT molecular complexity index is 861. The van der Waals surface area contributed by atoms with E-state index < -0.39 is 0 Å². The Morgan fingerprint density at radius 3 is 2.73 bits per heavy atom. The zero-order valence-electron chi connectivity index (χ0n) is 11.5. The Morgan fingerprint density at radius 1 is 1.09 bits per heavy atom. The Morgan fingerprint density at radius 2 is 1.91 bits per heavy atom. The summed E-state index contributed by atoms with van der Waals surface area (Å²) in [7, 11) is 0. The lowest BCUT2D eigenvalue weighted by atomic mass is 10.3. The monoisotopic (exact) mass is 353 g/mol. The molecule has 1 N–H and O–H groups in total. The third-order valence-corrected chi connectivity index (χ3v) is 3.46. The molecule has 0 atom stereocenters. The summed E-state index contributed by atoms with van der Waals surface area (Å²) in [4.78, 5) is 20.6. The Labute approximate surface area is 136 Å². The zero-order chi connectivity index (χ0) is 15.4. The van der Waals surface area contributed by atoms with Gasteiger partial charge >= 0.3 is 0 Å². The third-order valence-electron chi connectivity index (χ3n) is 2.96. The molecule has 0 radical (unpaired) electrons. The number of para-hydroxylation sites is 2. The van der Waals surface area contributed by atoms with Crippen LogP contribution in [-0.2, 0) is 4.79 Å². The number of nitrogens with one attached hydrogen (secondary N) is 1. The standard InChI is InChI=1S/C17H12BrN3O/c18-12-4-3-5-13(10-12)21-17(22)9-8-14-11-19-15-6-1-2-7-16(15)20-14/h1-11H,(H,21,22)/b9-8+. The van der Waals surface area contributed by atoms with Crippen molar-refractivity contribution in [1.29, 1.82) is 0 Å². The molecule has 0 unspecified atom stereocenters. The lowest BCUT2D eigenvalue weighted by molar-refractivity contribution is -0.111. The molecule has 1 heterocycles. The number of fused-ring (bicyclic) bond motifs is 1. The van der Waals surface area contributed by atoms with E-state index >= 15 is 0 Å². The highest BCUT2D eigenvalue weighted by Crippen LogP contribution is 2.15. The molecule has 0 aliphatic heterocycles. The molecule has 5 heteroatoms. The molecule has 0 spiro atoms. The van der Waals surface area contributed by atoms with Crippen molar-refractivity contribution < 1.29 is 4.79 Å². The smallest absolute Gasteiger partial charge is 0.248 e. The van der Waals surface area contributed by atoms with Crippen molar-refractivity contribution in [3.63, 3.8) is 0 Å². The van der Waals surface area contributed by atoms with Gasteiger partial charge in [0.05, 0.1) is 22.9 Å². The topological polar surface area (TPSA) is 54.9 Å². The summed E-state index contributed by atoms with van der Waals surface area (Å²) < 4.78 is 0.912. The molecule has 0 aliphatic carbocycles. The van der Waals surface area contributed by atoms with E-state index in [4.69, 9.17) is 0 Å². The quantitative estimate of drug-likeness (QED) is 0.722. The predicted octanol–water partition coefficient (Wildman–Crippen LogP) is 4.04. The first-order chi connectivity index (χ1) is 10.7. The first kappa shape index (κ1) is 14.4. The number of carbonyl (C=O) groups is 1. The van der Waals surface area contributed by atoms with Gasteiger partial charge in [-0.1, -0.05) is 34.1 Å². The highest BCUT2D eigenvalue weighted by Gasteiger charge is 2.00. The Kier molecular flexibility index (Phi) is 4.25. The molecule has 1 amide bonds. The second-order valence-electron chi connectivity index (χ2n) is 4.62. The number of nitrogens with zero attached hydrogens (tertiary/aromatic N) is 2. The van der Waals surface area contributed by atoms with E-state index in [9.17, 15) is 4.79 Å². The largest absolute Gasteiger partial charge is 0.322 e. The van der Waals surface area contributed by atoms with Crippen LogP contribution >= 0.6 is 15.9 Å². The first-order valence-electron chi connectivity index (χ1n) is 6.67. The first-order valence-corrected chi connectivity index (χ1v) is 7.46. The highest BCUT2D eigenvalue weighted by atomic mass is 79.9. The van der Waals surface area contributed by atoms with Crippen molar-refractivity contribution in [2.75, 3.05) is 5.32 Å². The second-order valence-corrected chi connectivity index (χ2v) is 5.53. The van der Waals surface area contributed by atoms with Crippen LogP contribution in [0.25, 0.3) is 17.1 Å². The number of hydrogen-bond acceptors (Lipinski definition) is 3. The van der Waals surface area contributed by atoms with Crippen LogP contribution in [0.3, 0.4) is 0 Å². The van der Waals surface area contributed by atoms with Gasteiger partial charge in [-0.2, -0.15) is 0 Å². The van der Waals surface area contributed by atoms with Gasteiger partial charge in [0.1, 0.15) is 0 Å². The number of halogens is 1. The summed E-state index contributed by atoms with van der Waals surface area (Å²) in [6.07, 6.45) is 4.73. The molecule has 0 aliphatic rings. The molecule has 108 valence electrons. The summed E-state index contributed by atoms with van der Waals surface area (Å²) in [6, 6.07) is 15.0. The summed E-state index contributed by atoms with van der Waals surface area (Å²) in [5.74, 6) is -0.215. The van der Waals surface area contributed by atoms with E-state index in [1.54, 1.807) is 12.3 Å². The molecule has 0 saturated carbocycles. The highest BCUT2D eigenvalue weighted by molar-refractivity contribution is 9.10. The maximum Gasteiger partial charge on any atom is 0.248 e. The molecule has 3 aromatic rings. The lowest BCUT2D eigenvalue weighted by Crippen LogP contribution is -2.07. The third kappa shape index (κ3) is 3.56. The van der Waals surface area contributed by atoms with Crippen molar-refractivity contribution in [2.45, 2.75) is 0 Å². The predicted molar refractivity (Wildman–Crippen MR) is 91.3 cm³/mol. The molecule has 0 bridgehead atoms. The van der Waals surface area contributed by atoms with Crippen molar-refractivity contribution in [1.82, 2.24) is 9.97 Å². The van der Waals surface area contributed by atoms with Crippen LogP contribution in [0.15, 0.2) is 65.3 Å². The number of rotatable bonds is 3. The Hall–Kier alpha value is -2.53. The van der Waals surface area contributed by atoms with Crippen molar-refractivity contribution in [3.8, 4) is 0 Å². The molecule has 3 rings (SSSR count). The zero-order valence-corrected chi connectivity index (χ0v) is 13.1. The minimum Gasteiger partial charge on any atom is -0.322 e. The summed E-state index contributed by atoms with van der Waals surface area (Å²) in [5, 5.41) is 2.79. The molecule has 22 heavy (non-hydrogen) atoms. The molecular weight excluding hydrogens is 342 g/mol. The van der Waals surface area contributed by atoms with E-state index in [1.807, 2.05) is 48.5 Å². The fraction of sp³-hybridized carbons (Fsp3) is 0. The van der Waals surface area contributed by atoms with E-state index in [2.05, 4.69) is 31.2 Å². The molecule has 4 nitrogen and oxygen atoms in total. The summed E-state index contributed by atoms with van der Waals surface area (Å²) in [5.41, 5.74) is 3.01. The number of benzene rings is 2. The SMILES string of the molecule is O=C(/C=C/c1cnc2ccccc2n1)Nc1cccc(Br)c1. The molecule has 0 saturated heterocycles. The van der Waals surface area contributed by atoms with E-state index in [-0.39, 0.29) is 5.91 Å². The lowest BCUT2D eigenvalue weighted by Gasteiger charge is -2.02. The van der Waals surface area contributed by atoms with Gasteiger partial charge in [0.15, 0.2) is 0 Å². The van der Waals surface area contributed by atoms with Crippen LogP contribution in [-0.4, -0.2) is 15.9 Å². The summed E-state index contributed by atoms with van der Waals surface area (Å²) >= 11 is 3.36. The van der Waals surface area contributed by atoms with E-state index in [0.29, 0.717) is 5.69 Å². The number of hydrogen-bond donors (Lipinski definition) is 1. The van der Waals surface area contributed by atoms with E-state index in [1.165, 1.54) is 6.08 Å². The molecule has 2 aromatic carbocycles. The van der Waals surface area contributed by atoms with Crippen molar-refractivity contribution >= 4 is 44.6 Å². The fourth-order valence-corrected chi connectivity index (χ4v) is 2.36. The van der Waals surface area contributed by atoms with Crippen molar-refractivity contribution in [3.05, 3.63) is 71.0 Å².